The molecule has 1 aliphatic carbocycles. The van der Waals surface area contributed by atoms with E-state index in [1.807, 2.05) is 6.92 Å². The largest absolute Gasteiger partial charge is 0.487 e. The highest BCUT2D eigenvalue weighted by Gasteiger charge is 2.27. The highest BCUT2D eigenvalue weighted by molar-refractivity contribution is 7.17. The van der Waals surface area contributed by atoms with Crippen molar-refractivity contribution in [2.75, 3.05) is 11.9 Å². The van der Waals surface area contributed by atoms with Crippen molar-refractivity contribution in [3.63, 3.8) is 0 Å². The number of hydrogen-bond acceptors (Lipinski definition) is 8. The summed E-state index contributed by atoms with van der Waals surface area (Å²) in [7, 11) is 0. The maximum Gasteiger partial charge on any atom is 0.341 e. The monoisotopic (exact) mass is 457 g/mol. The fraction of sp³-hybridized carbons (Fsp3) is 0.364. The maximum atomic E-state index is 13.0. The molecule has 0 bridgehead atoms. The number of fused-ring (bicyclic) bond motifs is 1. The Hall–Kier alpha value is -2.78. The second-order valence-corrected chi connectivity index (χ2v) is 8.84. The molecule has 1 aromatic carbocycles. The van der Waals surface area contributed by atoms with E-state index in [2.05, 4.69) is 14.1 Å². The van der Waals surface area contributed by atoms with Crippen LogP contribution in [0.4, 0.5) is 5.00 Å². The van der Waals surface area contributed by atoms with Gasteiger partial charge in [0.15, 0.2) is 0 Å². The number of esters is 1. The average molecular weight is 458 g/mol. The van der Waals surface area contributed by atoms with Gasteiger partial charge >= 0.3 is 5.97 Å². The molecule has 0 saturated heterocycles. The third-order valence-electron chi connectivity index (χ3n) is 5.10. The molecule has 1 N–H and O–H groups in total. The molecule has 0 aliphatic heterocycles. The molecule has 0 unspecified atom stereocenters. The number of hydrogen-bond donors (Lipinski definition) is 1. The zero-order chi connectivity index (χ0) is 21.8. The van der Waals surface area contributed by atoms with Gasteiger partial charge in [0.1, 0.15) is 23.1 Å². The predicted molar refractivity (Wildman–Crippen MR) is 120 cm³/mol. The van der Waals surface area contributed by atoms with E-state index >= 15 is 0 Å². The van der Waals surface area contributed by atoms with Gasteiger partial charge in [-0.25, -0.2) is 4.79 Å². The van der Waals surface area contributed by atoms with Gasteiger partial charge in [0.25, 0.3) is 5.91 Å². The molecule has 1 aliphatic rings. The second kappa shape index (κ2) is 9.57. The number of carbonyl (C=O) groups excluding carboxylic acids is 2. The Bertz CT molecular complexity index is 1110. The number of amides is 1. The van der Waals surface area contributed by atoms with Crippen molar-refractivity contribution >= 4 is 39.9 Å². The summed E-state index contributed by atoms with van der Waals surface area (Å²) in [6.07, 6.45) is 3.90. The van der Waals surface area contributed by atoms with Gasteiger partial charge in [-0.1, -0.05) is 6.07 Å². The minimum atomic E-state index is -0.374. The van der Waals surface area contributed by atoms with Crippen LogP contribution in [0.2, 0.25) is 0 Å². The zero-order valence-corrected chi connectivity index (χ0v) is 19.0. The van der Waals surface area contributed by atoms with Gasteiger partial charge in [-0.15, -0.1) is 11.3 Å². The number of anilines is 1. The number of ether oxygens (including phenoxy) is 2. The summed E-state index contributed by atoms with van der Waals surface area (Å²) in [5.41, 5.74) is 3.60. The van der Waals surface area contributed by atoms with Crippen molar-refractivity contribution in [1.29, 1.82) is 0 Å². The van der Waals surface area contributed by atoms with E-state index < -0.39 is 0 Å². The Morgan fingerprint density at radius 2 is 2.03 bits per heavy atom. The molecule has 2 heterocycles. The molecule has 2 aromatic heterocycles. The minimum absolute atomic E-state index is 0.290. The molecular weight excluding hydrogens is 434 g/mol. The van der Waals surface area contributed by atoms with Gasteiger partial charge in [-0.2, -0.15) is 8.75 Å². The lowest BCUT2D eigenvalue weighted by Crippen LogP contribution is -2.15. The molecule has 0 spiro atoms. The first kappa shape index (κ1) is 21.5. The summed E-state index contributed by atoms with van der Waals surface area (Å²) in [5.74, 6) is -0.0984. The van der Waals surface area contributed by atoms with Crippen LogP contribution in [0, 0.1) is 6.92 Å². The van der Waals surface area contributed by atoms with Crippen molar-refractivity contribution in [2.45, 2.75) is 46.1 Å². The maximum absolute atomic E-state index is 13.0. The SMILES string of the molecule is CCOC(=O)c1c(NC(=O)c2cccc(OCc3nsnc3C)c2)sc2c1CCCC2. The van der Waals surface area contributed by atoms with Gasteiger partial charge in [0.2, 0.25) is 0 Å². The quantitative estimate of drug-likeness (QED) is 0.513. The van der Waals surface area contributed by atoms with Crippen molar-refractivity contribution in [2.24, 2.45) is 0 Å². The van der Waals surface area contributed by atoms with Crippen LogP contribution in [0.3, 0.4) is 0 Å². The van der Waals surface area contributed by atoms with E-state index in [4.69, 9.17) is 9.47 Å². The number of rotatable bonds is 7. The van der Waals surface area contributed by atoms with E-state index in [1.54, 1.807) is 31.2 Å². The van der Waals surface area contributed by atoms with Gasteiger partial charge in [0.05, 0.1) is 29.6 Å². The van der Waals surface area contributed by atoms with E-state index in [0.717, 1.165) is 59.2 Å². The number of nitrogens with zero attached hydrogens (tertiary/aromatic N) is 2. The zero-order valence-electron chi connectivity index (χ0n) is 17.4. The Labute approximate surface area is 188 Å². The summed E-state index contributed by atoms with van der Waals surface area (Å²) in [6.45, 7) is 4.25. The number of carbonyl (C=O) groups is 2. The summed E-state index contributed by atoms with van der Waals surface area (Å²) >= 11 is 2.62. The fourth-order valence-corrected chi connectivity index (χ4v) is 5.33. The molecule has 9 heteroatoms. The van der Waals surface area contributed by atoms with Crippen LogP contribution in [0.25, 0.3) is 0 Å². The standard InChI is InChI=1S/C22H23N3O4S2/c1-3-28-22(27)19-16-9-4-5-10-18(16)30-21(19)23-20(26)14-7-6-8-15(11-14)29-12-17-13(2)24-31-25-17/h6-8,11H,3-5,9-10,12H2,1-2H3,(H,23,26). The molecule has 0 fully saturated rings. The van der Waals surface area contributed by atoms with Gasteiger partial charge < -0.3 is 14.8 Å². The van der Waals surface area contributed by atoms with E-state index in [9.17, 15) is 9.59 Å². The molecule has 162 valence electrons. The Balaban J connectivity index is 1.52. The van der Waals surface area contributed by atoms with Crippen LogP contribution in [0.1, 0.15) is 62.3 Å². The smallest absolute Gasteiger partial charge is 0.341 e. The highest BCUT2D eigenvalue weighted by Crippen LogP contribution is 2.38. The molecule has 0 atom stereocenters. The topological polar surface area (TPSA) is 90.4 Å². The first-order chi connectivity index (χ1) is 15.1. The molecule has 1 amide bonds. The summed E-state index contributed by atoms with van der Waals surface area (Å²) in [5, 5.41) is 3.49. The Morgan fingerprint density at radius 1 is 1.19 bits per heavy atom. The van der Waals surface area contributed by atoms with Crippen molar-refractivity contribution in [3.05, 3.63) is 57.2 Å². The lowest BCUT2D eigenvalue weighted by atomic mass is 9.95. The van der Waals surface area contributed by atoms with E-state index in [1.165, 1.54) is 11.3 Å². The normalized spacial score (nSPS) is 12.8. The van der Waals surface area contributed by atoms with Crippen molar-refractivity contribution in [3.8, 4) is 5.75 Å². The summed E-state index contributed by atoms with van der Waals surface area (Å²) in [4.78, 5) is 26.7. The summed E-state index contributed by atoms with van der Waals surface area (Å²) < 4.78 is 19.4. The molecule has 31 heavy (non-hydrogen) atoms. The van der Waals surface area contributed by atoms with E-state index in [0.29, 0.717) is 28.5 Å². The highest BCUT2D eigenvalue weighted by atomic mass is 32.1. The Morgan fingerprint density at radius 3 is 2.81 bits per heavy atom. The fourth-order valence-electron chi connectivity index (χ4n) is 3.51. The van der Waals surface area contributed by atoms with Crippen LogP contribution in [-0.2, 0) is 24.2 Å². The van der Waals surface area contributed by atoms with Crippen LogP contribution < -0.4 is 10.1 Å². The van der Waals surface area contributed by atoms with Gasteiger partial charge in [-0.05, 0) is 63.3 Å². The molecule has 4 rings (SSSR count). The summed E-state index contributed by atoms with van der Waals surface area (Å²) in [6, 6.07) is 6.96. The lowest BCUT2D eigenvalue weighted by molar-refractivity contribution is 0.0526. The Kier molecular flexibility index (Phi) is 6.62. The third-order valence-corrected chi connectivity index (χ3v) is 6.96. The number of nitrogens with one attached hydrogen (secondary N) is 1. The predicted octanol–water partition coefficient (Wildman–Crippen LogP) is 4.79. The number of aromatic nitrogens is 2. The molecular formula is C22H23N3O4S2. The number of benzene rings is 1. The molecule has 7 nitrogen and oxygen atoms in total. The van der Waals surface area contributed by atoms with Gasteiger partial charge in [-0.3, -0.25) is 4.79 Å². The minimum Gasteiger partial charge on any atom is -0.487 e. The van der Waals surface area contributed by atoms with Crippen LogP contribution in [0.15, 0.2) is 24.3 Å². The van der Waals surface area contributed by atoms with Crippen LogP contribution in [0.5, 0.6) is 5.75 Å². The van der Waals surface area contributed by atoms with Crippen molar-refractivity contribution < 1.29 is 19.1 Å². The lowest BCUT2D eigenvalue weighted by Gasteiger charge is -2.12. The van der Waals surface area contributed by atoms with Gasteiger partial charge in [0, 0.05) is 10.4 Å². The first-order valence-corrected chi connectivity index (χ1v) is 11.8. The molecule has 0 radical (unpaired) electrons. The molecule has 0 saturated carbocycles. The molecule has 3 aromatic rings. The number of aryl methyl sites for hydroxylation is 2. The third kappa shape index (κ3) is 4.77. The number of thiophene rings is 1. The first-order valence-electron chi connectivity index (χ1n) is 10.2. The van der Waals surface area contributed by atoms with E-state index in [-0.39, 0.29) is 18.5 Å². The van der Waals surface area contributed by atoms with Crippen LogP contribution in [-0.4, -0.2) is 27.2 Å². The van der Waals surface area contributed by atoms with Crippen molar-refractivity contribution in [1.82, 2.24) is 8.75 Å². The average Bonchev–Trinajstić information content (AvgIpc) is 3.35. The second-order valence-electron chi connectivity index (χ2n) is 7.20. The van der Waals surface area contributed by atoms with Crippen LogP contribution >= 0.6 is 23.1 Å².